The molecule has 1 unspecified atom stereocenters. The number of hydrogen-bond acceptors (Lipinski definition) is 13. The molecule has 4 N–H and O–H groups in total. The van der Waals surface area contributed by atoms with E-state index < -0.39 is 53.1 Å². The van der Waals surface area contributed by atoms with Crippen LogP contribution in [-0.4, -0.2) is 83.2 Å². The second kappa shape index (κ2) is 11.8. The minimum atomic E-state index is -1.27. The number of β-lactam (4-membered cyclic amide) rings is 1. The van der Waals surface area contributed by atoms with Gasteiger partial charge in [0.25, 0.3) is 11.8 Å². The van der Waals surface area contributed by atoms with Crippen molar-refractivity contribution in [3.63, 3.8) is 0 Å². The molecule has 0 bridgehead atoms. The van der Waals surface area contributed by atoms with Crippen LogP contribution < -0.4 is 11.1 Å². The maximum atomic E-state index is 13.1. The Hall–Kier alpha value is -4.31. The largest absolute Gasteiger partial charge is 0.477 e. The average molecular weight is 588 g/mol. The molecular formula is C24H25N7O7S2. The summed E-state index contributed by atoms with van der Waals surface area (Å²) < 4.78 is 9.10. The van der Waals surface area contributed by atoms with Crippen molar-refractivity contribution in [2.24, 2.45) is 5.16 Å². The molecule has 0 aromatic carbocycles. The second-order valence-corrected chi connectivity index (χ2v) is 11.3. The number of aromatic nitrogens is 3. The van der Waals surface area contributed by atoms with E-state index in [9.17, 15) is 24.3 Å². The summed E-state index contributed by atoms with van der Waals surface area (Å²) in [4.78, 5) is 64.3. The smallest absolute Gasteiger partial charge is 0.352 e. The minimum Gasteiger partial charge on any atom is -0.477 e. The van der Waals surface area contributed by atoms with Crippen LogP contribution in [0, 0.1) is 0 Å². The van der Waals surface area contributed by atoms with Gasteiger partial charge in [0, 0.05) is 29.7 Å². The Kier molecular flexibility index (Phi) is 8.49. The molecule has 14 nitrogen and oxygen atoms in total. The third kappa shape index (κ3) is 6.63. The molecule has 2 aromatic heterocycles. The zero-order chi connectivity index (χ0) is 29.0. The molecule has 2 aliphatic heterocycles. The molecule has 1 saturated heterocycles. The fraction of sp³-hybridized carbons (Fsp3) is 0.333. The highest BCUT2D eigenvalue weighted by molar-refractivity contribution is 8.00. The Labute approximate surface area is 236 Å². The number of rotatable bonds is 9. The van der Waals surface area contributed by atoms with E-state index in [1.165, 1.54) is 11.8 Å². The predicted molar refractivity (Wildman–Crippen MR) is 146 cm³/mol. The molecule has 40 heavy (non-hydrogen) atoms. The first-order valence-corrected chi connectivity index (χ1v) is 13.6. The molecule has 2 atom stereocenters. The van der Waals surface area contributed by atoms with Gasteiger partial charge in [-0.1, -0.05) is 23.4 Å². The van der Waals surface area contributed by atoms with Crippen molar-refractivity contribution < 1.29 is 33.9 Å². The number of anilines is 1. The fourth-order valence-corrected chi connectivity index (χ4v) is 5.44. The van der Waals surface area contributed by atoms with Gasteiger partial charge in [0.15, 0.2) is 5.13 Å². The zero-order valence-corrected chi connectivity index (χ0v) is 23.2. The van der Waals surface area contributed by atoms with E-state index in [1.54, 1.807) is 51.4 Å². The van der Waals surface area contributed by atoms with Gasteiger partial charge in [-0.05, 0) is 38.0 Å². The first-order chi connectivity index (χ1) is 18.9. The van der Waals surface area contributed by atoms with Gasteiger partial charge in [0.2, 0.25) is 18.1 Å². The van der Waals surface area contributed by atoms with Crippen LogP contribution in [0.15, 0.2) is 47.0 Å². The molecule has 2 aliphatic rings. The lowest BCUT2D eigenvalue weighted by Gasteiger charge is -2.49. The number of pyridine rings is 1. The standard InChI is InChI=1S/C24H25N7O7S2/c1-24(2,3)38-14(32)10-37-29-15(18-28-23(25)40-30-18)19(33)27-16-20(34)31-17(22(35)36)13(11-39-21(16)31)7-6-12-5-4-8-26-9-12/h4-9,16,21H,10-11H2,1-3H3,(H,27,33)(H,35,36)(H2,25,28,30)/t16?,21-/m0/s1. The molecular weight excluding hydrogens is 562 g/mol. The van der Waals surface area contributed by atoms with Crippen molar-refractivity contribution in [1.82, 2.24) is 24.6 Å². The number of fused-ring (bicyclic) bond motifs is 1. The van der Waals surface area contributed by atoms with E-state index in [4.69, 9.17) is 15.3 Å². The minimum absolute atomic E-state index is 0.0551. The highest BCUT2D eigenvalue weighted by atomic mass is 32.2. The molecule has 4 heterocycles. The topological polar surface area (TPSA) is 199 Å². The summed E-state index contributed by atoms with van der Waals surface area (Å²) in [5.74, 6) is -3.36. The number of ether oxygens (including phenoxy) is 1. The lowest BCUT2D eigenvalue weighted by atomic mass is 10.0. The third-order valence-electron chi connectivity index (χ3n) is 5.28. The predicted octanol–water partition coefficient (Wildman–Crippen LogP) is 1.03. The number of esters is 1. The molecule has 0 aliphatic carbocycles. The number of carboxylic acids is 1. The second-order valence-electron chi connectivity index (χ2n) is 9.42. The number of carbonyl (C=O) groups is 4. The maximum absolute atomic E-state index is 13.1. The van der Waals surface area contributed by atoms with E-state index in [-0.39, 0.29) is 22.4 Å². The Morgan fingerprint density at radius 2 is 2.10 bits per heavy atom. The average Bonchev–Trinajstić information content (AvgIpc) is 3.32. The summed E-state index contributed by atoms with van der Waals surface area (Å²) in [6.45, 7) is 4.46. The van der Waals surface area contributed by atoms with Crippen molar-refractivity contribution in [2.75, 3.05) is 18.1 Å². The van der Waals surface area contributed by atoms with E-state index in [1.807, 2.05) is 6.07 Å². The van der Waals surface area contributed by atoms with Crippen molar-refractivity contribution in [3.05, 3.63) is 53.3 Å². The van der Waals surface area contributed by atoms with Crippen LogP contribution in [0.25, 0.3) is 6.08 Å². The Morgan fingerprint density at radius 3 is 2.73 bits per heavy atom. The summed E-state index contributed by atoms with van der Waals surface area (Å²) in [6.07, 6.45) is 6.59. The van der Waals surface area contributed by atoms with Crippen LogP contribution in [0.5, 0.6) is 0 Å². The van der Waals surface area contributed by atoms with Gasteiger partial charge in [-0.2, -0.15) is 9.36 Å². The normalized spacial score (nSPS) is 19.2. The molecule has 210 valence electrons. The number of nitrogens with one attached hydrogen (secondary N) is 1. The van der Waals surface area contributed by atoms with Gasteiger partial charge in [0.1, 0.15) is 22.7 Å². The maximum Gasteiger partial charge on any atom is 0.352 e. The third-order valence-corrected chi connectivity index (χ3v) is 7.12. The van der Waals surface area contributed by atoms with Gasteiger partial charge in [-0.15, -0.1) is 11.8 Å². The molecule has 1 fully saturated rings. The van der Waals surface area contributed by atoms with Gasteiger partial charge < -0.3 is 25.7 Å². The number of allylic oxidation sites excluding steroid dienone is 1. The quantitative estimate of drug-likeness (QED) is 0.163. The first-order valence-electron chi connectivity index (χ1n) is 11.8. The van der Waals surface area contributed by atoms with Crippen LogP contribution in [0.2, 0.25) is 0 Å². The van der Waals surface area contributed by atoms with Gasteiger partial charge in [-0.3, -0.25) is 19.5 Å². The number of thioether (sulfide) groups is 1. The van der Waals surface area contributed by atoms with Gasteiger partial charge in [-0.25, -0.2) is 9.59 Å². The summed E-state index contributed by atoms with van der Waals surface area (Å²) in [7, 11) is 0. The molecule has 2 aromatic rings. The number of oxime groups is 1. The van der Waals surface area contributed by atoms with E-state index in [0.717, 1.165) is 22.0 Å². The van der Waals surface area contributed by atoms with E-state index in [0.29, 0.717) is 5.57 Å². The lowest BCUT2D eigenvalue weighted by molar-refractivity contribution is -0.160. The van der Waals surface area contributed by atoms with Gasteiger partial charge >= 0.3 is 11.9 Å². The number of aliphatic carboxylic acids is 1. The fourth-order valence-electron chi connectivity index (χ4n) is 3.69. The Morgan fingerprint density at radius 1 is 1.32 bits per heavy atom. The number of hydrogen-bond donors (Lipinski definition) is 3. The molecule has 4 rings (SSSR count). The van der Waals surface area contributed by atoms with Crippen LogP contribution in [-0.2, 0) is 28.8 Å². The molecule has 16 heteroatoms. The Bertz CT molecular complexity index is 1420. The number of nitrogens with two attached hydrogens (primary N) is 1. The summed E-state index contributed by atoms with van der Waals surface area (Å²) in [5, 5.41) is 15.5. The summed E-state index contributed by atoms with van der Waals surface area (Å²) in [5.41, 5.74) is 5.51. The van der Waals surface area contributed by atoms with Crippen molar-refractivity contribution in [1.29, 1.82) is 0 Å². The lowest BCUT2D eigenvalue weighted by Crippen LogP contribution is -2.71. The van der Waals surface area contributed by atoms with E-state index in [2.05, 4.69) is 24.8 Å². The SMILES string of the molecule is CC(C)(C)OC(=O)CON=C(C(=O)NC1C(=O)N2C(C(=O)O)=C(C=Cc3cccnc3)CS[C@@H]12)c1nsc(N)n1. The number of carboxylic acid groups (broad SMARTS) is 1. The van der Waals surface area contributed by atoms with Crippen LogP contribution >= 0.6 is 23.3 Å². The van der Waals surface area contributed by atoms with Crippen molar-refractivity contribution in [3.8, 4) is 0 Å². The molecule has 0 spiro atoms. The molecule has 2 amide bonds. The Balaban J connectivity index is 1.49. The number of carbonyl (C=O) groups excluding carboxylic acids is 3. The highest BCUT2D eigenvalue weighted by Crippen LogP contribution is 2.40. The highest BCUT2D eigenvalue weighted by Gasteiger charge is 2.54. The molecule has 0 radical (unpaired) electrons. The monoisotopic (exact) mass is 587 g/mol. The van der Waals surface area contributed by atoms with Crippen molar-refractivity contribution in [2.45, 2.75) is 37.8 Å². The summed E-state index contributed by atoms with van der Waals surface area (Å²) in [6, 6.07) is 2.51. The number of nitrogen functional groups attached to an aromatic ring is 1. The number of amides is 2. The van der Waals surface area contributed by atoms with Gasteiger partial charge in [0.05, 0.1) is 0 Å². The first kappa shape index (κ1) is 28.7. The summed E-state index contributed by atoms with van der Waals surface area (Å²) >= 11 is 2.10. The van der Waals surface area contributed by atoms with Crippen molar-refractivity contribution >= 4 is 64.0 Å². The van der Waals surface area contributed by atoms with E-state index >= 15 is 0 Å². The molecule has 0 saturated carbocycles. The van der Waals surface area contributed by atoms with Crippen LogP contribution in [0.4, 0.5) is 5.13 Å². The zero-order valence-electron chi connectivity index (χ0n) is 21.6. The van der Waals surface area contributed by atoms with Crippen LogP contribution in [0.1, 0.15) is 32.2 Å². The van der Waals surface area contributed by atoms with Crippen LogP contribution in [0.3, 0.4) is 0 Å². The number of nitrogens with zero attached hydrogens (tertiary/aromatic N) is 5.